The number of ether oxygens (including phenoxy) is 2. The van der Waals surface area contributed by atoms with Gasteiger partial charge in [0.15, 0.2) is 0 Å². The van der Waals surface area contributed by atoms with E-state index in [4.69, 9.17) is 9.47 Å². The molecule has 2 N–H and O–H groups in total. The summed E-state index contributed by atoms with van der Waals surface area (Å²) >= 11 is 0. The van der Waals surface area contributed by atoms with Crippen molar-refractivity contribution >= 4 is 11.6 Å². The van der Waals surface area contributed by atoms with Gasteiger partial charge < -0.3 is 20.1 Å². The van der Waals surface area contributed by atoms with Crippen LogP contribution in [0.4, 0.5) is 5.69 Å². The van der Waals surface area contributed by atoms with Crippen LogP contribution in [0.25, 0.3) is 0 Å². The first-order valence-corrected chi connectivity index (χ1v) is 8.05. The summed E-state index contributed by atoms with van der Waals surface area (Å²) in [5.41, 5.74) is 1.91. The SMILES string of the molecule is COCCNCC(=O)Nc1ccccc1OCCc1ccccc1. The third-order valence-corrected chi connectivity index (χ3v) is 3.42. The quantitative estimate of drug-likeness (QED) is 0.658. The van der Waals surface area contributed by atoms with Crippen molar-refractivity contribution < 1.29 is 14.3 Å². The summed E-state index contributed by atoms with van der Waals surface area (Å²) in [5.74, 6) is 0.573. The molecule has 0 aromatic heterocycles. The fourth-order valence-electron chi connectivity index (χ4n) is 2.19. The molecule has 128 valence electrons. The van der Waals surface area contributed by atoms with E-state index < -0.39 is 0 Å². The lowest BCUT2D eigenvalue weighted by Crippen LogP contribution is -2.30. The molecule has 0 saturated heterocycles. The molecule has 0 unspecified atom stereocenters. The first kappa shape index (κ1) is 18.0. The van der Waals surface area contributed by atoms with Gasteiger partial charge in [0.1, 0.15) is 5.75 Å². The predicted molar refractivity (Wildman–Crippen MR) is 95.5 cm³/mol. The number of nitrogens with one attached hydrogen (secondary N) is 2. The van der Waals surface area contributed by atoms with Gasteiger partial charge in [-0.25, -0.2) is 0 Å². The Morgan fingerprint density at radius 1 is 1.00 bits per heavy atom. The Balaban J connectivity index is 1.82. The van der Waals surface area contributed by atoms with Crippen LogP contribution >= 0.6 is 0 Å². The van der Waals surface area contributed by atoms with E-state index in [1.165, 1.54) is 5.56 Å². The van der Waals surface area contributed by atoms with Gasteiger partial charge in [-0.1, -0.05) is 42.5 Å². The van der Waals surface area contributed by atoms with Crippen molar-refractivity contribution in [1.82, 2.24) is 5.32 Å². The van der Waals surface area contributed by atoms with Gasteiger partial charge in [-0.15, -0.1) is 0 Å². The zero-order valence-electron chi connectivity index (χ0n) is 14.0. The molecule has 5 heteroatoms. The molecular formula is C19H24N2O3. The Labute approximate surface area is 143 Å². The highest BCUT2D eigenvalue weighted by Crippen LogP contribution is 2.23. The molecule has 0 atom stereocenters. The Bertz CT molecular complexity index is 617. The van der Waals surface area contributed by atoms with Crippen molar-refractivity contribution in [2.45, 2.75) is 6.42 Å². The van der Waals surface area contributed by atoms with E-state index in [0.717, 1.165) is 6.42 Å². The van der Waals surface area contributed by atoms with Crippen LogP contribution in [-0.2, 0) is 16.0 Å². The lowest BCUT2D eigenvalue weighted by Gasteiger charge is -2.13. The number of rotatable bonds is 10. The van der Waals surface area contributed by atoms with Crippen LogP contribution in [0.1, 0.15) is 5.56 Å². The highest BCUT2D eigenvalue weighted by atomic mass is 16.5. The molecule has 0 spiro atoms. The topological polar surface area (TPSA) is 59.6 Å². The third kappa shape index (κ3) is 6.40. The zero-order chi connectivity index (χ0) is 17.0. The van der Waals surface area contributed by atoms with Crippen molar-refractivity contribution in [3.63, 3.8) is 0 Å². The Morgan fingerprint density at radius 2 is 1.75 bits per heavy atom. The summed E-state index contributed by atoms with van der Waals surface area (Å²) in [6, 6.07) is 17.6. The number of benzene rings is 2. The lowest BCUT2D eigenvalue weighted by molar-refractivity contribution is -0.115. The second-order valence-corrected chi connectivity index (χ2v) is 5.30. The fourth-order valence-corrected chi connectivity index (χ4v) is 2.19. The number of carbonyl (C=O) groups excluding carboxylic acids is 1. The lowest BCUT2D eigenvalue weighted by atomic mass is 10.2. The van der Waals surface area contributed by atoms with Crippen LogP contribution in [0.5, 0.6) is 5.75 Å². The van der Waals surface area contributed by atoms with E-state index in [2.05, 4.69) is 22.8 Å². The molecule has 0 aliphatic heterocycles. The molecule has 2 rings (SSSR count). The fraction of sp³-hybridized carbons (Fsp3) is 0.316. The maximum atomic E-state index is 12.0. The molecular weight excluding hydrogens is 304 g/mol. The molecule has 24 heavy (non-hydrogen) atoms. The van der Waals surface area contributed by atoms with Gasteiger partial charge in [-0.2, -0.15) is 0 Å². The Kier molecular flexibility index (Phi) is 7.80. The number of anilines is 1. The Hall–Kier alpha value is -2.37. The molecule has 0 heterocycles. The molecule has 5 nitrogen and oxygen atoms in total. The molecule has 0 fully saturated rings. The number of amides is 1. The monoisotopic (exact) mass is 328 g/mol. The van der Waals surface area contributed by atoms with Crippen molar-refractivity contribution in [2.75, 3.05) is 38.7 Å². The Morgan fingerprint density at radius 3 is 2.54 bits per heavy atom. The van der Waals surface area contributed by atoms with Crippen molar-refractivity contribution in [3.8, 4) is 5.75 Å². The molecule has 0 saturated carbocycles. The van der Waals surface area contributed by atoms with Crippen molar-refractivity contribution in [2.24, 2.45) is 0 Å². The first-order chi connectivity index (χ1) is 11.8. The average Bonchev–Trinajstić information content (AvgIpc) is 2.61. The number of para-hydroxylation sites is 2. The van der Waals surface area contributed by atoms with E-state index in [9.17, 15) is 4.79 Å². The normalized spacial score (nSPS) is 10.4. The maximum Gasteiger partial charge on any atom is 0.238 e. The van der Waals surface area contributed by atoms with Gasteiger partial charge in [0.25, 0.3) is 0 Å². The van der Waals surface area contributed by atoms with E-state index in [1.807, 2.05) is 42.5 Å². The predicted octanol–water partition coefficient (Wildman–Crippen LogP) is 2.48. The number of carbonyl (C=O) groups is 1. The summed E-state index contributed by atoms with van der Waals surface area (Å²) in [7, 11) is 1.63. The van der Waals surface area contributed by atoms with E-state index >= 15 is 0 Å². The zero-order valence-corrected chi connectivity index (χ0v) is 14.0. The minimum absolute atomic E-state index is 0.106. The highest BCUT2D eigenvalue weighted by Gasteiger charge is 2.07. The molecule has 0 aliphatic rings. The summed E-state index contributed by atoms with van der Waals surface area (Å²) in [4.78, 5) is 12.0. The van der Waals surface area contributed by atoms with Crippen molar-refractivity contribution in [3.05, 3.63) is 60.2 Å². The summed E-state index contributed by atoms with van der Waals surface area (Å²) in [6.45, 7) is 2.01. The molecule has 2 aromatic rings. The van der Waals surface area contributed by atoms with E-state index in [1.54, 1.807) is 7.11 Å². The number of methoxy groups -OCH3 is 1. The second kappa shape index (κ2) is 10.4. The van der Waals surface area contributed by atoms with E-state index in [-0.39, 0.29) is 12.5 Å². The summed E-state index contributed by atoms with van der Waals surface area (Å²) in [5, 5.41) is 5.88. The molecule has 1 amide bonds. The van der Waals surface area contributed by atoms with Crippen LogP contribution in [0.2, 0.25) is 0 Å². The molecule has 0 radical (unpaired) electrons. The summed E-state index contributed by atoms with van der Waals surface area (Å²) in [6.07, 6.45) is 0.821. The molecule has 2 aromatic carbocycles. The van der Waals surface area contributed by atoms with E-state index in [0.29, 0.717) is 31.2 Å². The van der Waals surface area contributed by atoms with Crippen LogP contribution in [0.15, 0.2) is 54.6 Å². The van der Waals surface area contributed by atoms with Gasteiger partial charge in [0.2, 0.25) is 5.91 Å². The average molecular weight is 328 g/mol. The molecule has 0 bridgehead atoms. The highest BCUT2D eigenvalue weighted by molar-refractivity contribution is 5.93. The van der Waals surface area contributed by atoms with Crippen LogP contribution < -0.4 is 15.4 Å². The van der Waals surface area contributed by atoms with Gasteiger partial charge in [0, 0.05) is 20.1 Å². The first-order valence-electron chi connectivity index (χ1n) is 8.05. The van der Waals surface area contributed by atoms with Gasteiger partial charge in [0.05, 0.1) is 25.4 Å². The molecule has 0 aliphatic carbocycles. The summed E-state index contributed by atoms with van der Waals surface area (Å²) < 4.78 is 10.8. The van der Waals surface area contributed by atoms with Crippen LogP contribution in [0.3, 0.4) is 0 Å². The smallest absolute Gasteiger partial charge is 0.238 e. The maximum absolute atomic E-state index is 12.0. The third-order valence-electron chi connectivity index (χ3n) is 3.42. The standard InChI is InChI=1S/C19H24N2O3/c1-23-14-12-20-15-19(22)21-17-9-5-6-10-18(17)24-13-11-16-7-3-2-4-8-16/h2-10,20H,11-15H2,1H3,(H,21,22). The van der Waals surface area contributed by atoms with Gasteiger partial charge >= 0.3 is 0 Å². The van der Waals surface area contributed by atoms with Gasteiger partial charge in [-0.3, -0.25) is 4.79 Å². The second-order valence-electron chi connectivity index (χ2n) is 5.30. The van der Waals surface area contributed by atoms with Gasteiger partial charge in [-0.05, 0) is 17.7 Å². The number of hydrogen-bond acceptors (Lipinski definition) is 4. The number of hydrogen-bond donors (Lipinski definition) is 2. The minimum Gasteiger partial charge on any atom is -0.491 e. The minimum atomic E-state index is -0.106. The van der Waals surface area contributed by atoms with Crippen molar-refractivity contribution in [1.29, 1.82) is 0 Å². The van der Waals surface area contributed by atoms with Crippen LogP contribution in [0, 0.1) is 0 Å². The largest absolute Gasteiger partial charge is 0.491 e. The van der Waals surface area contributed by atoms with Crippen LogP contribution in [-0.4, -0.2) is 39.3 Å².